The van der Waals surface area contributed by atoms with Gasteiger partial charge in [-0.25, -0.2) is 0 Å². The summed E-state index contributed by atoms with van der Waals surface area (Å²) in [5.41, 5.74) is 0.561. The zero-order chi connectivity index (χ0) is 23.5. The Kier molecular flexibility index (Phi) is 7.21. The third kappa shape index (κ3) is 5.66. The van der Waals surface area contributed by atoms with E-state index in [0.717, 1.165) is 23.8 Å². The molecule has 4 nitrogen and oxygen atoms in total. The van der Waals surface area contributed by atoms with Gasteiger partial charge in [-0.15, -0.1) is 0 Å². The highest BCUT2D eigenvalue weighted by Gasteiger charge is 2.31. The molecule has 0 saturated carbocycles. The molecular formula is C23H18Cl2F3NO3. The Labute approximate surface area is 192 Å². The molecule has 32 heavy (non-hydrogen) atoms. The molecule has 0 fully saturated rings. The minimum atomic E-state index is -4.56. The van der Waals surface area contributed by atoms with Gasteiger partial charge in [0.2, 0.25) is 0 Å². The number of carbonyl (C=O) groups is 1. The number of nitrogens with one attached hydrogen (secondary N) is 1. The normalized spacial score (nSPS) is 11.2. The maximum Gasteiger partial charge on any atom is 0.416 e. The molecule has 9 heteroatoms. The van der Waals surface area contributed by atoms with Gasteiger partial charge in [0.15, 0.2) is 0 Å². The first-order chi connectivity index (χ1) is 15.1. The molecule has 0 heterocycles. The van der Waals surface area contributed by atoms with Crippen LogP contribution in [-0.2, 0) is 12.8 Å². The molecule has 0 spiro atoms. The zero-order valence-electron chi connectivity index (χ0n) is 17.0. The van der Waals surface area contributed by atoms with Crippen LogP contribution in [-0.4, -0.2) is 13.0 Å². The molecule has 0 aromatic heterocycles. The molecular weight excluding hydrogens is 466 g/mol. The summed E-state index contributed by atoms with van der Waals surface area (Å²) in [6, 6.07) is 12.5. The van der Waals surface area contributed by atoms with E-state index >= 15 is 0 Å². The number of halogens is 5. The quantitative estimate of drug-likeness (QED) is 0.404. The van der Waals surface area contributed by atoms with Crippen LogP contribution in [0.5, 0.6) is 11.5 Å². The van der Waals surface area contributed by atoms with Gasteiger partial charge >= 0.3 is 6.18 Å². The smallest absolute Gasteiger partial charge is 0.416 e. The number of rotatable bonds is 6. The Hall–Kier alpha value is -2.90. The highest BCUT2D eigenvalue weighted by Crippen LogP contribution is 2.34. The number of carbonyl (C=O) groups excluding carboxylic acids is 1. The number of alkyl halides is 3. The Bertz CT molecular complexity index is 1150. The molecule has 0 aliphatic heterocycles. The second-order valence-corrected chi connectivity index (χ2v) is 7.69. The van der Waals surface area contributed by atoms with Crippen LogP contribution >= 0.6 is 23.2 Å². The van der Waals surface area contributed by atoms with Gasteiger partial charge in [-0.05, 0) is 67.1 Å². The van der Waals surface area contributed by atoms with Crippen molar-refractivity contribution in [2.75, 3.05) is 12.4 Å². The molecule has 168 valence electrons. The molecule has 0 radical (unpaired) electrons. The number of amides is 1. The van der Waals surface area contributed by atoms with Crippen molar-refractivity contribution in [2.24, 2.45) is 0 Å². The van der Waals surface area contributed by atoms with Crippen molar-refractivity contribution in [3.05, 3.63) is 86.9 Å². The first kappa shape index (κ1) is 23.8. The van der Waals surface area contributed by atoms with Crippen LogP contribution in [0.3, 0.4) is 0 Å². The lowest BCUT2D eigenvalue weighted by Crippen LogP contribution is -2.14. The lowest BCUT2D eigenvalue weighted by atomic mass is 10.1. The molecule has 3 rings (SSSR count). The predicted octanol–water partition coefficient (Wildman–Crippen LogP) is 7.16. The fourth-order valence-corrected chi connectivity index (χ4v) is 3.17. The van der Waals surface area contributed by atoms with Gasteiger partial charge in [-0.1, -0.05) is 23.2 Å². The monoisotopic (exact) mass is 483 g/mol. The maximum atomic E-state index is 13.0. The highest BCUT2D eigenvalue weighted by atomic mass is 35.5. The molecule has 0 unspecified atom stereocenters. The van der Waals surface area contributed by atoms with Crippen molar-refractivity contribution in [1.29, 1.82) is 0 Å². The number of ether oxygens (including phenoxy) is 2. The number of aryl methyl sites for hydroxylation is 1. The molecule has 0 bridgehead atoms. The van der Waals surface area contributed by atoms with Crippen LogP contribution in [0.2, 0.25) is 10.0 Å². The van der Waals surface area contributed by atoms with Crippen molar-refractivity contribution in [1.82, 2.24) is 0 Å². The number of benzene rings is 3. The number of hydrogen-bond acceptors (Lipinski definition) is 3. The number of methoxy groups -OCH3 is 1. The molecule has 0 saturated heterocycles. The average molecular weight is 484 g/mol. The van der Waals surface area contributed by atoms with E-state index in [2.05, 4.69) is 5.32 Å². The van der Waals surface area contributed by atoms with E-state index < -0.39 is 17.6 Å². The third-order valence-corrected chi connectivity index (χ3v) is 5.36. The second-order valence-electron chi connectivity index (χ2n) is 6.87. The lowest BCUT2D eigenvalue weighted by Gasteiger charge is -2.14. The standard InChI is InChI=1S/C23H18Cl2F3NO3/c1-13-9-17(5-7-18(13)24)32-12-15-10-14(3-8-21(15)31-2)22(30)29-20-11-16(23(26,27)28)4-6-19(20)25/h3-11H,12H2,1-2H3,(H,29,30). The summed E-state index contributed by atoms with van der Waals surface area (Å²) in [5.74, 6) is 0.446. The first-order valence-corrected chi connectivity index (χ1v) is 10.1. The molecule has 1 N–H and O–H groups in total. The predicted molar refractivity (Wildman–Crippen MR) is 118 cm³/mol. The third-order valence-electron chi connectivity index (χ3n) is 4.61. The first-order valence-electron chi connectivity index (χ1n) is 9.32. The summed E-state index contributed by atoms with van der Waals surface area (Å²) in [5, 5.41) is 3.02. The van der Waals surface area contributed by atoms with Crippen LogP contribution in [0.4, 0.5) is 18.9 Å². The zero-order valence-corrected chi connectivity index (χ0v) is 18.5. The molecule has 1 amide bonds. The number of hydrogen-bond donors (Lipinski definition) is 1. The Morgan fingerprint density at radius 3 is 2.38 bits per heavy atom. The van der Waals surface area contributed by atoms with Gasteiger partial charge in [-0.2, -0.15) is 13.2 Å². The SMILES string of the molecule is COc1ccc(C(=O)Nc2cc(C(F)(F)F)ccc2Cl)cc1COc1ccc(Cl)c(C)c1. The summed E-state index contributed by atoms with van der Waals surface area (Å²) in [6.07, 6.45) is -4.56. The molecule has 3 aromatic rings. The summed E-state index contributed by atoms with van der Waals surface area (Å²) in [4.78, 5) is 12.7. The van der Waals surface area contributed by atoms with Gasteiger partial charge in [0.1, 0.15) is 18.1 Å². The van der Waals surface area contributed by atoms with Crippen LogP contribution in [0.15, 0.2) is 54.6 Å². The van der Waals surface area contributed by atoms with Crippen molar-refractivity contribution >= 4 is 34.8 Å². The molecule has 3 aromatic carbocycles. The van der Waals surface area contributed by atoms with E-state index in [1.54, 1.807) is 30.3 Å². The van der Waals surface area contributed by atoms with Crippen LogP contribution in [0, 0.1) is 6.92 Å². The van der Waals surface area contributed by atoms with Crippen molar-refractivity contribution in [3.8, 4) is 11.5 Å². The van der Waals surface area contributed by atoms with E-state index in [-0.39, 0.29) is 22.9 Å². The topological polar surface area (TPSA) is 47.6 Å². The summed E-state index contributed by atoms with van der Waals surface area (Å²) >= 11 is 12.0. The molecule has 0 aliphatic carbocycles. The Morgan fingerprint density at radius 2 is 1.72 bits per heavy atom. The van der Waals surface area contributed by atoms with Crippen LogP contribution in [0.25, 0.3) is 0 Å². The van der Waals surface area contributed by atoms with Gasteiger partial charge in [0.05, 0.1) is 23.4 Å². The van der Waals surface area contributed by atoms with E-state index in [9.17, 15) is 18.0 Å². The maximum absolute atomic E-state index is 13.0. The van der Waals surface area contributed by atoms with Gasteiger partial charge in [-0.3, -0.25) is 4.79 Å². The Balaban J connectivity index is 1.81. The van der Waals surface area contributed by atoms with E-state index in [4.69, 9.17) is 32.7 Å². The van der Waals surface area contributed by atoms with E-state index in [1.165, 1.54) is 13.2 Å². The van der Waals surface area contributed by atoms with Crippen LogP contribution < -0.4 is 14.8 Å². The van der Waals surface area contributed by atoms with Gasteiger partial charge < -0.3 is 14.8 Å². The average Bonchev–Trinajstić information content (AvgIpc) is 2.75. The van der Waals surface area contributed by atoms with Gasteiger partial charge in [0, 0.05) is 16.1 Å². The minimum Gasteiger partial charge on any atom is -0.496 e. The second kappa shape index (κ2) is 9.71. The van der Waals surface area contributed by atoms with E-state index in [1.807, 2.05) is 6.92 Å². The largest absolute Gasteiger partial charge is 0.496 e. The van der Waals surface area contributed by atoms with Crippen LogP contribution in [0.1, 0.15) is 27.0 Å². The highest BCUT2D eigenvalue weighted by molar-refractivity contribution is 6.34. The van der Waals surface area contributed by atoms with Crippen molar-refractivity contribution in [2.45, 2.75) is 19.7 Å². The number of anilines is 1. The summed E-state index contributed by atoms with van der Waals surface area (Å²) < 4.78 is 50.0. The summed E-state index contributed by atoms with van der Waals surface area (Å²) in [6.45, 7) is 1.94. The summed E-state index contributed by atoms with van der Waals surface area (Å²) in [7, 11) is 1.48. The van der Waals surface area contributed by atoms with E-state index in [0.29, 0.717) is 22.1 Å². The fraction of sp³-hybridized carbons (Fsp3) is 0.174. The molecule has 0 atom stereocenters. The van der Waals surface area contributed by atoms with Crippen molar-refractivity contribution in [3.63, 3.8) is 0 Å². The minimum absolute atomic E-state index is 0.0125. The van der Waals surface area contributed by atoms with Crippen molar-refractivity contribution < 1.29 is 27.4 Å². The Morgan fingerprint density at radius 1 is 1.00 bits per heavy atom. The lowest BCUT2D eigenvalue weighted by molar-refractivity contribution is -0.137. The van der Waals surface area contributed by atoms with Gasteiger partial charge in [0.25, 0.3) is 5.91 Å². The fourth-order valence-electron chi connectivity index (χ4n) is 2.89. The molecule has 0 aliphatic rings.